The molecule has 0 bridgehead atoms. The van der Waals surface area contributed by atoms with Crippen LogP contribution >= 0.6 is 0 Å². The van der Waals surface area contributed by atoms with E-state index in [1.165, 1.54) is 12.8 Å². The van der Waals surface area contributed by atoms with Gasteiger partial charge in [0.2, 0.25) is 5.91 Å². The predicted octanol–water partition coefficient (Wildman–Crippen LogP) is 2.43. The molecular formula is C21H31N3O3. The van der Waals surface area contributed by atoms with E-state index in [9.17, 15) is 9.59 Å². The van der Waals surface area contributed by atoms with Gasteiger partial charge in [-0.2, -0.15) is 0 Å². The van der Waals surface area contributed by atoms with E-state index in [-0.39, 0.29) is 11.8 Å². The van der Waals surface area contributed by atoms with Crippen molar-refractivity contribution in [3.8, 4) is 5.75 Å². The second-order valence-electron chi connectivity index (χ2n) is 7.92. The number of hydrogen-bond donors (Lipinski definition) is 1. The Bertz CT molecular complexity index is 685. The maximum absolute atomic E-state index is 12.8. The molecule has 27 heavy (non-hydrogen) atoms. The average Bonchev–Trinajstić information content (AvgIpc) is 2.67. The van der Waals surface area contributed by atoms with E-state index in [2.05, 4.69) is 24.1 Å². The van der Waals surface area contributed by atoms with Crippen molar-refractivity contribution >= 4 is 17.5 Å². The molecule has 0 aliphatic carbocycles. The van der Waals surface area contributed by atoms with E-state index in [4.69, 9.17) is 4.74 Å². The zero-order valence-electron chi connectivity index (χ0n) is 16.8. The average molecular weight is 373 g/mol. The molecule has 1 fully saturated rings. The van der Waals surface area contributed by atoms with Gasteiger partial charge < -0.3 is 10.1 Å². The van der Waals surface area contributed by atoms with Crippen molar-refractivity contribution in [3.63, 3.8) is 0 Å². The molecule has 0 radical (unpaired) electrons. The third-order valence-corrected chi connectivity index (χ3v) is 5.79. The highest BCUT2D eigenvalue weighted by Gasteiger charge is 2.37. The number of benzene rings is 1. The minimum Gasteiger partial charge on any atom is -0.479 e. The summed E-state index contributed by atoms with van der Waals surface area (Å²) in [5.41, 5.74) is 0.654. The summed E-state index contributed by atoms with van der Waals surface area (Å²) in [4.78, 5) is 29.4. The van der Waals surface area contributed by atoms with Crippen LogP contribution < -0.4 is 15.0 Å². The normalized spacial score (nSPS) is 23.3. The molecule has 2 aliphatic rings. The monoisotopic (exact) mass is 373 g/mol. The fourth-order valence-corrected chi connectivity index (χ4v) is 3.82. The number of rotatable bonds is 5. The molecule has 0 unspecified atom stereocenters. The van der Waals surface area contributed by atoms with Crippen molar-refractivity contribution in [2.75, 3.05) is 24.5 Å². The van der Waals surface area contributed by atoms with Gasteiger partial charge in [0.25, 0.3) is 5.91 Å². The third-order valence-electron chi connectivity index (χ3n) is 5.79. The van der Waals surface area contributed by atoms with Crippen molar-refractivity contribution < 1.29 is 14.3 Å². The molecule has 1 N–H and O–H groups in total. The first kappa shape index (κ1) is 19.7. The first-order valence-corrected chi connectivity index (χ1v) is 9.99. The first-order chi connectivity index (χ1) is 12.9. The maximum atomic E-state index is 12.8. The van der Waals surface area contributed by atoms with Crippen molar-refractivity contribution in [1.82, 2.24) is 10.2 Å². The zero-order valence-corrected chi connectivity index (χ0v) is 16.8. The summed E-state index contributed by atoms with van der Waals surface area (Å²) >= 11 is 0. The maximum Gasteiger partial charge on any atom is 0.268 e. The number of ether oxygens (including phenoxy) is 1. The number of likely N-dealkylation sites (tertiary alicyclic amines) is 1. The van der Waals surface area contributed by atoms with Gasteiger partial charge in [0.15, 0.2) is 6.10 Å². The molecule has 2 aliphatic heterocycles. The van der Waals surface area contributed by atoms with Crippen LogP contribution in [-0.4, -0.2) is 54.5 Å². The number of nitrogens with zero attached hydrogens (tertiary/aromatic N) is 2. The van der Waals surface area contributed by atoms with E-state index in [1.54, 1.807) is 18.7 Å². The Labute approximate surface area is 161 Å². The van der Waals surface area contributed by atoms with Crippen LogP contribution in [0.2, 0.25) is 0 Å². The van der Waals surface area contributed by atoms with Gasteiger partial charge in [0, 0.05) is 12.6 Å². The quantitative estimate of drug-likeness (QED) is 0.861. The van der Waals surface area contributed by atoms with E-state index < -0.39 is 12.1 Å². The van der Waals surface area contributed by atoms with Gasteiger partial charge in [-0.25, -0.2) is 0 Å². The zero-order chi connectivity index (χ0) is 19.6. The number of fused-ring (bicyclic) bond motifs is 1. The van der Waals surface area contributed by atoms with Crippen molar-refractivity contribution in [1.29, 1.82) is 0 Å². The Morgan fingerprint density at radius 1 is 1.22 bits per heavy atom. The lowest BCUT2D eigenvalue weighted by Crippen LogP contribution is -2.55. The van der Waals surface area contributed by atoms with Crippen molar-refractivity contribution in [2.45, 2.75) is 58.7 Å². The fourth-order valence-electron chi connectivity index (χ4n) is 3.82. The van der Waals surface area contributed by atoms with Crippen LogP contribution in [-0.2, 0) is 9.59 Å². The number of piperidine rings is 1. The lowest BCUT2D eigenvalue weighted by molar-refractivity contribution is -0.130. The summed E-state index contributed by atoms with van der Waals surface area (Å²) < 4.78 is 5.66. The predicted molar refractivity (Wildman–Crippen MR) is 106 cm³/mol. The molecule has 148 valence electrons. The number of carbonyl (C=O) groups is 2. The van der Waals surface area contributed by atoms with Crippen LogP contribution in [0.3, 0.4) is 0 Å². The van der Waals surface area contributed by atoms with E-state index >= 15 is 0 Å². The second-order valence-corrected chi connectivity index (χ2v) is 7.92. The molecule has 0 saturated carbocycles. The number of nitrogens with one attached hydrogen (secondary N) is 1. The molecule has 1 aromatic carbocycles. The highest BCUT2D eigenvalue weighted by Crippen LogP contribution is 2.34. The number of carbonyl (C=O) groups excluding carboxylic acids is 2. The molecule has 2 amide bonds. The minimum atomic E-state index is -0.593. The van der Waals surface area contributed by atoms with Gasteiger partial charge in [-0.1, -0.05) is 19.1 Å². The summed E-state index contributed by atoms with van der Waals surface area (Å²) in [5, 5.41) is 3.04. The van der Waals surface area contributed by atoms with Gasteiger partial charge in [0.05, 0.1) is 5.69 Å². The van der Waals surface area contributed by atoms with Gasteiger partial charge in [-0.15, -0.1) is 0 Å². The molecule has 3 rings (SSSR count). The van der Waals surface area contributed by atoms with Crippen molar-refractivity contribution in [2.24, 2.45) is 5.92 Å². The largest absolute Gasteiger partial charge is 0.479 e. The first-order valence-electron chi connectivity index (χ1n) is 9.99. The minimum absolute atomic E-state index is 0.135. The van der Waals surface area contributed by atoms with Crippen LogP contribution in [0.4, 0.5) is 5.69 Å². The topological polar surface area (TPSA) is 61.9 Å². The van der Waals surface area contributed by atoms with Crippen LogP contribution in [0.5, 0.6) is 5.75 Å². The van der Waals surface area contributed by atoms with E-state index in [0.717, 1.165) is 19.0 Å². The number of amides is 2. The Balaban J connectivity index is 1.62. The Hall–Kier alpha value is -2.08. The smallest absolute Gasteiger partial charge is 0.268 e. The summed E-state index contributed by atoms with van der Waals surface area (Å²) in [7, 11) is 0. The Morgan fingerprint density at radius 3 is 2.59 bits per heavy atom. The van der Waals surface area contributed by atoms with Crippen molar-refractivity contribution in [3.05, 3.63) is 24.3 Å². The number of hydrogen-bond acceptors (Lipinski definition) is 4. The molecule has 6 nitrogen and oxygen atoms in total. The van der Waals surface area contributed by atoms with Crippen LogP contribution in [0, 0.1) is 5.92 Å². The summed E-state index contributed by atoms with van der Waals surface area (Å²) in [6, 6.07) is 7.07. The molecule has 2 heterocycles. The summed E-state index contributed by atoms with van der Waals surface area (Å²) in [6.07, 6.45) is 1.83. The Morgan fingerprint density at radius 2 is 1.89 bits per heavy atom. The number of para-hydroxylation sites is 2. The van der Waals surface area contributed by atoms with E-state index in [1.807, 2.05) is 24.3 Å². The summed E-state index contributed by atoms with van der Waals surface area (Å²) in [5.74, 6) is 1.11. The van der Waals surface area contributed by atoms with Crippen LogP contribution in [0.15, 0.2) is 24.3 Å². The van der Waals surface area contributed by atoms with Crippen LogP contribution in [0.1, 0.15) is 40.5 Å². The third kappa shape index (κ3) is 4.26. The standard InChI is InChI=1S/C21H31N3O3/c1-14-9-11-23(12-10-14)15(2)13-22-20(25)16(3)24-18-7-5-6-8-19(18)27-17(4)21(24)26/h5-8,14-17H,9-13H2,1-4H3,(H,22,25)/t15-,16-,17+/m1/s1. The van der Waals surface area contributed by atoms with E-state index in [0.29, 0.717) is 24.0 Å². The molecule has 0 aromatic heterocycles. The summed E-state index contributed by atoms with van der Waals surface area (Å²) in [6.45, 7) is 10.7. The molecule has 3 atom stereocenters. The SMILES string of the molecule is CC1CCN([C@H](C)CNC(=O)[C@@H](C)N2C(=O)[C@H](C)Oc3ccccc32)CC1. The fraction of sp³-hybridized carbons (Fsp3) is 0.619. The van der Waals surface area contributed by atoms with Gasteiger partial charge in [-0.05, 0) is 64.8 Å². The highest BCUT2D eigenvalue weighted by molar-refractivity contribution is 6.05. The lowest BCUT2D eigenvalue weighted by atomic mass is 9.98. The molecular weight excluding hydrogens is 342 g/mol. The molecule has 6 heteroatoms. The molecule has 1 saturated heterocycles. The Kier molecular flexibility index (Phi) is 6.05. The second kappa shape index (κ2) is 8.30. The highest BCUT2D eigenvalue weighted by atomic mass is 16.5. The molecule has 1 aromatic rings. The van der Waals surface area contributed by atoms with Gasteiger partial charge in [0.1, 0.15) is 11.8 Å². The lowest BCUT2D eigenvalue weighted by Gasteiger charge is -2.37. The van der Waals surface area contributed by atoms with Gasteiger partial charge in [-0.3, -0.25) is 19.4 Å². The number of anilines is 1. The van der Waals surface area contributed by atoms with Gasteiger partial charge >= 0.3 is 0 Å². The molecule has 0 spiro atoms. The van der Waals surface area contributed by atoms with Crippen LogP contribution in [0.25, 0.3) is 0 Å².